The summed E-state index contributed by atoms with van der Waals surface area (Å²) in [5, 5.41) is 0. The molecule has 0 aromatic heterocycles. The molecule has 0 heterocycles. The topological polar surface area (TPSA) is 38.4 Å². The third-order valence-electron chi connectivity index (χ3n) is 0.867. The van der Waals surface area contributed by atoms with Gasteiger partial charge >= 0.3 is 0 Å². The Kier molecular flexibility index (Phi) is 3.44. The van der Waals surface area contributed by atoms with E-state index in [0.29, 0.717) is 5.82 Å². The first-order valence-electron chi connectivity index (χ1n) is 2.83. The highest BCUT2D eigenvalue weighted by molar-refractivity contribution is 5.78. The summed E-state index contributed by atoms with van der Waals surface area (Å²) in [4.78, 5) is 3.75. The van der Waals surface area contributed by atoms with Crippen molar-refractivity contribution in [3.8, 4) is 0 Å². The van der Waals surface area contributed by atoms with Gasteiger partial charge in [-0.3, -0.25) is 0 Å². The van der Waals surface area contributed by atoms with Crippen molar-refractivity contribution in [3.63, 3.8) is 0 Å². The zero-order chi connectivity index (χ0) is 7.28. The van der Waals surface area contributed by atoms with Crippen molar-refractivity contribution in [1.82, 2.24) is 0 Å². The molecule has 0 aliphatic carbocycles. The highest BCUT2D eigenvalue weighted by Crippen LogP contribution is 1.91. The van der Waals surface area contributed by atoms with Gasteiger partial charge in [-0.2, -0.15) is 0 Å². The predicted octanol–water partition coefficient (Wildman–Crippen LogP) is 1.45. The predicted molar refractivity (Wildman–Crippen MR) is 41.3 cm³/mol. The summed E-state index contributed by atoms with van der Waals surface area (Å²) in [6, 6.07) is 0. The molecule has 0 aromatic rings. The summed E-state index contributed by atoms with van der Waals surface area (Å²) in [7, 11) is 0. The van der Waals surface area contributed by atoms with Crippen molar-refractivity contribution in [1.29, 1.82) is 0 Å². The number of allylic oxidation sites excluding steroid dienone is 1. The molecule has 0 rings (SSSR count). The minimum atomic E-state index is 0.324. The summed E-state index contributed by atoms with van der Waals surface area (Å²) in [6.07, 6.45) is 2.53. The lowest BCUT2D eigenvalue weighted by Crippen LogP contribution is -1.90. The van der Waals surface area contributed by atoms with Gasteiger partial charge in [0.25, 0.3) is 0 Å². The average molecular weight is 124 g/mol. The Morgan fingerprint density at radius 1 is 1.67 bits per heavy atom. The van der Waals surface area contributed by atoms with Crippen molar-refractivity contribution in [2.24, 2.45) is 10.7 Å². The summed E-state index contributed by atoms with van der Waals surface area (Å²) in [5.74, 6) is 0.324. The van der Waals surface area contributed by atoms with E-state index in [1.54, 1.807) is 6.21 Å². The van der Waals surface area contributed by atoms with Crippen molar-refractivity contribution < 1.29 is 0 Å². The second-order valence-corrected chi connectivity index (χ2v) is 1.76. The Labute approximate surface area is 55.8 Å². The molecule has 0 bridgehead atoms. The zero-order valence-corrected chi connectivity index (χ0v) is 5.72. The van der Waals surface area contributed by atoms with Gasteiger partial charge in [0.15, 0.2) is 0 Å². The molecule has 0 saturated heterocycles. The van der Waals surface area contributed by atoms with Crippen LogP contribution in [0.25, 0.3) is 0 Å². The van der Waals surface area contributed by atoms with Crippen LogP contribution in [0.5, 0.6) is 0 Å². The highest BCUT2D eigenvalue weighted by atomic mass is 14.9. The average Bonchev–Trinajstić information content (AvgIpc) is 1.83. The molecule has 0 amide bonds. The molecule has 0 aliphatic heterocycles. The van der Waals surface area contributed by atoms with Crippen molar-refractivity contribution in [2.75, 3.05) is 0 Å². The van der Waals surface area contributed by atoms with E-state index in [-0.39, 0.29) is 0 Å². The largest absolute Gasteiger partial charge is 0.384 e. The van der Waals surface area contributed by atoms with Crippen molar-refractivity contribution in [2.45, 2.75) is 13.3 Å². The summed E-state index contributed by atoms with van der Waals surface area (Å²) in [5.41, 5.74) is 6.12. The van der Waals surface area contributed by atoms with Crippen LogP contribution in [0.4, 0.5) is 0 Å². The third kappa shape index (κ3) is 4.81. The molecule has 0 aliphatic rings. The molecule has 0 radical (unpaired) electrons. The highest BCUT2D eigenvalue weighted by Gasteiger charge is 1.80. The summed E-state index contributed by atoms with van der Waals surface area (Å²) < 4.78 is 0. The number of hydrogen-bond donors (Lipinski definition) is 1. The fourth-order valence-corrected chi connectivity index (χ4v) is 0.265. The van der Waals surface area contributed by atoms with Gasteiger partial charge in [0.05, 0.1) is 0 Å². The van der Waals surface area contributed by atoms with Crippen LogP contribution in [0.15, 0.2) is 29.5 Å². The first-order chi connectivity index (χ1) is 4.16. The van der Waals surface area contributed by atoms with E-state index in [1.807, 2.05) is 6.92 Å². The lowest BCUT2D eigenvalue weighted by atomic mass is 10.3. The molecular formula is C7H12N2. The maximum Gasteiger partial charge on any atom is 0.115 e. The maximum absolute atomic E-state index is 5.16. The third-order valence-corrected chi connectivity index (χ3v) is 0.867. The van der Waals surface area contributed by atoms with Crippen LogP contribution in [0.1, 0.15) is 13.3 Å². The molecule has 0 aromatic carbocycles. The van der Waals surface area contributed by atoms with E-state index >= 15 is 0 Å². The number of nitrogens with two attached hydrogens (primary N) is 1. The second kappa shape index (κ2) is 3.89. The second-order valence-electron chi connectivity index (χ2n) is 1.76. The molecule has 2 N–H and O–H groups in total. The van der Waals surface area contributed by atoms with E-state index in [9.17, 15) is 0 Å². The fourth-order valence-electron chi connectivity index (χ4n) is 0.265. The quantitative estimate of drug-likeness (QED) is 0.568. The van der Waals surface area contributed by atoms with Crippen LogP contribution >= 0.6 is 0 Å². The first-order valence-corrected chi connectivity index (χ1v) is 2.83. The normalized spacial score (nSPS) is 9.89. The summed E-state index contributed by atoms with van der Waals surface area (Å²) >= 11 is 0. The molecule has 0 unspecified atom stereocenters. The van der Waals surface area contributed by atoms with Gasteiger partial charge in [-0.05, 0) is 12.0 Å². The van der Waals surface area contributed by atoms with Crippen LogP contribution < -0.4 is 5.73 Å². The van der Waals surface area contributed by atoms with Gasteiger partial charge in [-0.1, -0.05) is 20.1 Å². The van der Waals surface area contributed by atoms with Crippen LogP contribution in [-0.4, -0.2) is 6.21 Å². The Bertz CT molecular complexity index is 145. The van der Waals surface area contributed by atoms with Crippen LogP contribution in [-0.2, 0) is 0 Å². The molecule has 2 nitrogen and oxygen atoms in total. The SMILES string of the molecule is C=C(/C=N\C(=C)N)CC. The Morgan fingerprint density at radius 2 is 2.22 bits per heavy atom. The standard InChI is InChI=1S/C7H12N2/c1-4-6(2)5-9-7(3)8/h5H,2-4,8H2,1H3/b9-5-. The van der Waals surface area contributed by atoms with Gasteiger partial charge in [0.1, 0.15) is 5.82 Å². The van der Waals surface area contributed by atoms with Crippen molar-refractivity contribution in [3.05, 3.63) is 24.6 Å². The number of hydrogen-bond acceptors (Lipinski definition) is 2. The van der Waals surface area contributed by atoms with Crippen LogP contribution in [0.2, 0.25) is 0 Å². The lowest BCUT2D eigenvalue weighted by Gasteiger charge is -1.89. The van der Waals surface area contributed by atoms with E-state index < -0.39 is 0 Å². The molecule has 0 saturated carbocycles. The Hall–Kier alpha value is -1.05. The molecular weight excluding hydrogens is 112 g/mol. The zero-order valence-electron chi connectivity index (χ0n) is 5.72. The van der Waals surface area contributed by atoms with Crippen LogP contribution in [0, 0.1) is 0 Å². The molecule has 9 heavy (non-hydrogen) atoms. The first kappa shape index (κ1) is 7.95. The molecule has 0 spiro atoms. The van der Waals surface area contributed by atoms with E-state index in [4.69, 9.17) is 5.73 Å². The van der Waals surface area contributed by atoms with Gasteiger partial charge < -0.3 is 5.73 Å². The van der Waals surface area contributed by atoms with Gasteiger partial charge in [0, 0.05) is 6.21 Å². The van der Waals surface area contributed by atoms with E-state index in [0.717, 1.165) is 12.0 Å². The number of aliphatic imine (C=N–C) groups is 1. The molecule has 2 heteroatoms. The van der Waals surface area contributed by atoms with Gasteiger partial charge in [0.2, 0.25) is 0 Å². The number of nitrogens with zero attached hydrogens (tertiary/aromatic N) is 1. The van der Waals surface area contributed by atoms with Crippen LogP contribution in [0.3, 0.4) is 0 Å². The summed E-state index contributed by atoms with van der Waals surface area (Å²) in [6.45, 7) is 9.11. The molecule has 0 atom stereocenters. The minimum absolute atomic E-state index is 0.324. The lowest BCUT2D eigenvalue weighted by molar-refractivity contribution is 1.18. The minimum Gasteiger partial charge on any atom is -0.384 e. The monoisotopic (exact) mass is 124 g/mol. The van der Waals surface area contributed by atoms with E-state index in [1.165, 1.54) is 0 Å². The van der Waals surface area contributed by atoms with Crippen molar-refractivity contribution >= 4 is 6.21 Å². The Morgan fingerprint density at radius 3 is 2.56 bits per heavy atom. The fraction of sp³-hybridized carbons (Fsp3) is 0.286. The number of rotatable bonds is 3. The smallest absolute Gasteiger partial charge is 0.115 e. The van der Waals surface area contributed by atoms with Gasteiger partial charge in [-0.25, -0.2) is 4.99 Å². The molecule has 50 valence electrons. The Balaban J connectivity index is 3.71. The van der Waals surface area contributed by atoms with E-state index in [2.05, 4.69) is 18.2 Å². The molecule has 0 fully saturated rings. The maximum atomic E-state index is 5.16. The van der Waals surface area contributed by atoms with Gasteiger partial charge in [-0.15, -0.1) is 0 Å².